The van der Waals surface area contributed by atoms with Gasteiger partial charge in [0.05, 0.1) is 29.7 Å². The first kappa shape index (κ1) is 24.5. The maximum atomic E-state index is 13.8. The highest BCUT2D eigenvalue weighted by Crippen LogP contribution is 2.47. The molecule has 0 aromatic heterocycles. The van der Waals surface area contributed by atoms with Crippen molar-refractivity contribution in [2.24, 2.45) is 0 Å². The molecular weight excluding hydrogens is 495 g/mol. The van der Waals surface area contributed by atoms with Crippen LogP contribution in [-0.4, -0.2) is 46.5 Å². The van der Waals surface area contributed by atoms with Gasteiger partial charge in [0.1, 0.15) is 5.60 Å². The summed E-state index contributed by atoms with van der Waals surface area (Å²) in [7, 11) is 1.12. The molecule has 0 N–H and O–H groups in total. The molecule has 35 heavy (non-hydrogen) atoms. The van der Waals surface area contributed by atoms with Crippen molar-refractivity contribution in [2.45, 2.75) is 26.4 Å². The van der Waals surface area contributed by atoms with E-state index in [0.717, 1.165) is 16.9 Å². The summed E-state index contributed by atoms with van der Waals surface area (Å²) in [5.41, 5.74) is -0.491. The van der Waals surface area contributed by atoms with Gasteiger partial charge in [0.25, 0.3) is 11.8 Å². The molecule has 180 valence electrons. The molecule has 0 atom stereocenters. The molecule has 0 radical (unpaired) electrons. The number of benzene rings is 2. The molecule has 0 saturated heterocycles. The quantitative estimate of drug-likeness (QED) is 0.525. The Morgan fingerprint density at radius 2 is 1.09 bits per heavy atom. The number of halogens is 2. The van der Waals surface area contributed by atoms with Gasteiger partial charge in [-0.05, 0) is 56.2 Å². The zero-order chi connectivity index (χ0) is 25.7. The highest BCUT2D eigenvalue weighted by molar-refractivity contribution is 6.36. The summed E-state index contributed by atoms with van der Waals surface area (Å²) in [5, 5.41) is 0.832. The van der Waals surface area contributed by atoms with Crippen LogP contribution in [-0.2, 0) is 19.1 Å². The zero-order valence-electron chi connectivity index (χ0n) is 19.2. The summed E-state index contributed by atoms with van der Waals surface area (Å²) in [5.74, 6) is -1.63. The number of ether oxygens (including phenoxy) is 2. The van der Waals surface area contributed by atoms with Gasteiger partial charge in [-0.15, -0.1) is 0 Å². The van der Waals surface area contributed by atoms with Gasteiger partial charge in [-0.25, -0.2) is 19.4 Å². The molecule has 4 amide bonds. The second-order valence-corrected chi connectivity index (χ2v) is 9.57. The lowest BCUT2D eigenvalue weighted by molar-refractivity contribution is -0.123. The summed E-state index contributed by atoms with van der Waals surface area (Å²) >= 11 is 12.0. The number of imide groups is 2. The van der Waals surface area contributed by atoms with Gasteiger partial charge >= 0.3 is 12.2 Å². The summed E-state index contributed by atoms with van der Waals surface area (Å²) in [4.78, 5) is 54.8. The molecule has 2 aliphatic heterocycles. The zero-order valence-corrected chi connectivity index (χ0v) is 20.7. The van der Waals surface area contributed by atoms with Crippen LogP contribution in [0.4, 0.5) is 9.59 Å². The predicted octanol–water partition coefficient (Wildman–Crippen LogP) is 5.50. The van der Waals surface area contributed by atoms with Gasteiger partial charge in [-0.2, -0.15) is 0 Å². The van der Waals surface area contributed by atoms with Crippen molar-refractivity contribution in [3.63, 3.8) is 0 Å². The van der Waals surface area contributed by atoms with E-state index in [2.05, 4.69) is 0 Å². The van der Waals surface area contributed by atoms with Gasteiger partial charge < -0.3 is 9.47 Å². The maximum Gasteiger partial charge on any atom is 0.422 e. The molecule has 2 aromatic carbocycles. The van der Waals surface area contributed by atoms with Crippen LogP contribution in [0.3, 0.4) is 0 Å². The molecule has 0 bridgehead atoms. The van der Waals surface area contributed by atoms with E-state index in [-0.39, 0.29) is 22.5 Å². The van der Waals surface area contributed by atoms with Crippen molar-refractivity contribution in [2.75, 3.05) is 7.11 Å². The minimum atomic E-state index is -0.985. The number of hydrogen-bond acceptors (Lipinski definition) is 6. The van der Waals surface area contributed by atoms with Crippen molar-refractivity contribution in [3.8, 4) is 0 Å². The van der Waals surface area contributed by atoms with E-state index in [1.165, 1.54) is 0 Å². The fraction of sp³-hybridized carbons (Fsp3) is 0.200. The Labute approximate surface area is 211 Å². The van der Waals surface area contributed by atoms with Gasteiger partial charge in [0, 0.05) is 10.0 Å². The monoisotopic (exact) mass is 514 g/mol. The molecule has 2 heterocycles. The Kier molecular flexibility index (Phi) is 6.21. The SMILES string of the molecule is COC(=O)N1C(=O)C2=C(c3ccc(Cl)cc3)N(C(=O)OC(C)(C)C)C(=O)C2=C1c1ccc(Cl)cc1. The van der Waals surface area contributed by atoms with Gasteiger partial charge in [0.15, 0.2) is 0 Å². The molecule has 4 rings (SSSR count). The average molecular weight is 515 g/mol. The summed E-state index contributed by atoms with van der Waals surface area (Å²) < 4.78 is 10.3. The number of amides is 4. The Morgan fingerprint density at radius 1 is 0.714 bits per heavy atom. The third kappa shape index (κ3) is 4.31. The van der Waals surface area contributed by atoms with Gasteiger partial charge in [-0.1, -0.05) is 47.5 Å². The number of carbonyl (C=O) groups is 4. The number of rotatable bonds is 2. The lowest BCUT2D eigenvalue weighted by Gasteiger charge is -2.26. The van der Waals surface area contributed by atoms with Crippen LogP contribution in [0.25, 0.3) is 11.4 Å². The smallest absolute Gasteiger partial charge is 0.422 e. The third-order valence-corrected chi connectivity index (χ3v) is 5.68. The molecular formula is C25H20Cl2N2O6. The van der Waals surface area contributed by atoms with Crippen LogP contribution >= 0.6 is 23.2 Å². The molecule has 8 nitrogen and oxygen atoms in total. The average Bonchev–Trinajstić information content (AvgIpc) is 3.25. The minimum Gasteiger partial charge on any atom is -0.452 e. The van der Waals surface area contributed by atoms with E-state index in [9.17, 15) is 19.2 Å². The Balaban J connectivity index is 2.03. The molecule has 0 saturated carbocycles. The Morgan fingerprint density at radius 3 is 1.43 bits per heavy atom. The van der Waals surface area contributed by atoms with Crippen LogP contribution < -0.4 is 0 Å². The second-order valence-electron chi connectivity index (χ2n) is 8.69. The van der Waals surface area contributed by atoms with Gasteiger partial charge in [-0.3, -0.25) is 9.59 Å². The molecule has 0 unspecified atom stereocenters. The number of fused-ring (bicyclic) bond motifs is 1. The van der Waals surface area contributed by atoms with Crippen molar-refractivity contribution < 1.29 is 28.7 Å². The topological polar surface area (TPSA) is 93.2 Å². The van der Waals surface area contributed by atoms with Crippen LogP contribution in [0.5, 0.6) is 0 Å². The van der Waals surface area contributed by atoms with Crippen LogP contribution in [0.15, 0.2) is 59.7 Å². The lowest BCUT2D eigenvalue weighted by atomic mass is 10.0. The number of methoxy groups -OCH3 is 1. The Bertz CT molecular complexity index is 1320. The first-order valence-corrected chi connectivity index (χ1v) is 11.2. The number of nitrogens with zero attached hydrogens (tertiary/aromatic N) is 2. The highest BCUT2D eigenvalue weighted by Gasteiger charge is 2.53. The summed E-state index contributed by atoms with van der Waals surface area (Å²) in [6, 6.07) is 12.5. The van der Waals surface area contributed by atoms with Crippen molar-refractivity contribution >= 4 is 58.6 Å². The van der Waals surface area contributed by atoms with E-state index in [1.54, 1.807) is 69.3 Å². The molecule has 10 heteroatoms. The molecule has 2 aliphatic rings. The van der Waals surface area contributed by atoms with E-state index in [4.69, 9.17) is 32.7 Å². The first-order valence-electron chi connectivity index (χ1n) is 10.4. The standard InChI is InChI=1S/C25H20Cl2N2O6/c1-25(2,3)35-24(33)29-20(14-7-11-16(27)12-8-14)18-17(22(29)31)19(13-5-9-15(26)10-6-13)28(21(18)30)23(32)34-4/h5-12H,1-4H3. The maximum absolute atomic E-state index is 13.8. The van der Waals surface area contributed by atoms with E-state index in [1.807, 2.05) is 0 Å². The Hall–Kier alpha value is -3.62. The predicted molar refractivity (Wildman–Crippen MR) is 129 cm³/mol. The van der Waals surface area contributed by atoms with Crippen LogP contribution in [0.2, 0.25) is 10.0 Å². The third-order valence-electron chi connectivity index (χ3n) is 5.17. The molecule has 0 spiro atoms. The van der Waals surface area contributed by atoms with E-state index >= 15 is 0 Å². The molecule has 0 aliphatic carbocycles. The van der Waals surface area contributed by atoms with Gasteiger partial charge in [0.2, 0.25) is 0 Å². The molecule has 0 fully saturated rings. The largest absolute Gasteiger partial charge is 0.452 e. The number of hydrogen-bond donors (Lipinski definition) is 0. The highest BCUT2D eigenvalue weighted by atomic mass is 35.5. The normalized spacial score (nSPS) is 15.7. The van der Waals surface area contributed by atoms with Crippen molar-refractivity contribution in [1.29, 1.82) is 0 Å². The number of carbonyl (C=O) groups excluding carboxylic acids is 4. The van der Waals surface area contributed by atoms with E-state index in [0.29, 0.717) is 21.2 Å². The lowest BCUT2D eigenvalue weighted by Crippen LogP contribution is -2.39. The first-order chi connectivity index (χ1) is 16.4. The van der Waals surface area contributed by atoms with Crippen LogP contribution in [0.1, 0.15) is 31.9 Å². The van der Waals surface area contributed by atoms with Crippen molar-refractivity contribution in [3.05, 3.63) is 80.8 Å². The van der Waals surface area contributed by atoms with Crippen molar-refractivity contribution in [1.82, 2.24) is 9.80 Å². The fourth-order valence-electron chi connectivity index (χ4n) is 3.81. The fourth-order valence-corrected chi connectivity index (χ4v) is 4.07. The summed E-state index contributed by atoms with van der Waals surface area (Å²) in [6.45, 7) is 4.97. The summed E-state index contributed by atoms with van der Waals surface area (Å²) in [6.07, 6.45) is -1.95. The molecule has 2 aromatic rings. The second kappa shape index (κ2) is 8.87. The minimum absolute atomic E-state index is 0.0150. The van der Waals surface area contributed by atoms with Crippen LogP contribution in [0, 0.1) is 0 Å². The van der Waals surface area contributed by atoms with E-state index < -0.39 is 29.6 Å².